The highest BCUT2D eigenvalue weighted by molar-refractivity contribution is 9.10. The fraction of sp³-hybridized carbons (Fsp3) is 0.214. The molecule has 1 aromatic heterocycles. The maximum atomic E-state index is 13.6. The molecule has 1 unspecified atom stereocenters. The van der Waals surface area contributed by atoms with Gasteiger partial charge in [0, 0.05) is 35.5 Å². The van der Waals surface area contributed by atoms with E-state index in [4.69, 9.17) is 0 Å². The Morgan fingerprint density at radius 3 is 2.68 bits per heavy atom. The molecule has 0 saturated heterocycles. The van der Waals surface area contributed by atoms with Crippen molar-refractivity contribution in [3.05, 3.63) is 64.1 Å². The Bertz CT molecular complexity index is 536. The van der Waals surface area contributed by atoms with Crippen molar-refractivity contribution in [3.8, 4) is 0 Å². The second kappa shape index (κ2) is 6.75. The van der Waals surface area contributed by atoms with Gasteiger partial charge in [-0.2, -0.15) is 0 Å². The van der Waals surface area contributed by atoms with Gasteiger partial charge in [0.15, 0.2) is 0 Å². The van der Waals surface area contributed by atoms with Crippen LogP contribution in [0.1, 0.15) is 17.2 Å². The molecule has 0 saturated carbocycles. The van der Waals surface area contributed by atoms with E-state index < -0.39 is 6.10 Å². The molecule has 5 heteroatoms. The lowest BCUT2D eigenvalue weighted by molar-refractivity contribution is 0.174. The number of pyridine rings is 1. The van der Waals surface area contributed by atoms with E-state index in [0.717, 1.165) is 5.56 Å². The van der Waals surface area contributed by atoms with Gasteiger partial charge in [-0.15, -0.1) is 0 Å². The van der Waals surface area contributed by atoms with Gasteiger partial charge in [-0.05, 0) is 29.8 Å². The van der Waals surface area contributed by atoms with Crippen molar-refractivity contribution in [2.45, 2.75) is 12.6 Å². The van der Waals surface area contributed by atoms with Crippen LogP contribution in [-0.2, 0) is 6.54 Å². The van der Waals surface area contributed by atoms with Crippen molar-refractivity contribution in [2.75, 3.05) is 6.54 Å². The normalized spacial score (nSPS) is 12.4. The van der Waals surface area contributed by atoms with Crippen molar-refractivity contribution in [1.29, 1.82) is 0 Å². The Kier molecular flexibility index (Phi) is 5.01. The number of hydrogen-bond donors (Lipinski definition) is 2. The first-order valence-corrected chi connectivity index (χ1v) is 6.69. The lowest BCUT2D eigenvalue weighted by atomic mass is 10.1. The number of aliphatic hydroxyl groups is 1. The Morgan fingerprint density at radius 2 is 2.00 bits per heavy atom. The van der Waals surface area contributed by atoms with Gasteiger partial charge >= 0.3 is 0 Å². The number of aromatic nitrogens is 1. The zero-order valence-electron chi connectivity index (χ0n) is 10.2. The summed E-state index contributed by atoms with van der Waals surface area (Å²) >= 11 is 3.21. The summed E-state index contributed by atoms with van der Waals surface area (Å²) in [5.41, 5.74) is 1.36. The highest BCUT2D eigenvalue weighted by Gasteiger charge is 2.07. The summed E-state index contributed by atoms with van der Waals surface area (Å²) in [6.07, 6.45) is 2.64. The molecule has 0 aliphatic carbocycles. The van der Waals surface area contributed by atoms with E-state index in [1.54, 1.807) is 36.7 Å². The molecule has 0 spiro atoms. The Hall–Kier alpha value is -1.30. The number of halogens is 2. The number of nitrogens with zero attached hydrogens (tertiary/aromatic N) is 1. The van der Waals surface area contributed by atoms with Crippen molar-refractivity contribution < 1.29 is 9.50 Å². The monoisotopic (exact) mass is 324 g/mol. The van der Waals surface area contributed by atoms with Crippen LogP contribution in [0.3, 0.4) is 0 Å². The smallest absolute Gasteiger partial charge is 0.128 e. The van der Waals surface area contributed by atoms with Crippen LogP contribution < -0.4 is 5.32 Å². The van der Waals surface area contributed by atoms with Gasteiger partial charge in [0.1, 0.15) is 5.82 Å². The fourth-order valence-electron chi connectivity index (χ4n) is 1.71. The number of rotatable bonds is 5. The Labute approximate surface area is 119 Å². The first-order valence-electron chi connectivity index (χ1n) is 5.89. The summed E-state index contributed by atoms with van der Waals surface area (Å²) in [5, 5.41) is 13.0. The quantitative estimate of drug-likeness (QED) is 0.889. The SMILES string of the molecule is OC(CNCc1ccc(Br)cc1F)c1ccncc1. The molecule has 100 valence electrons. The molecular weight excluding hydrogens is 311 g/mol. The maximum absolute atomic E-state index is 13.6. The summed E-state index contributed by atoms with van der Waals surface area (Å²) in [7, 11) is 0. The van der Waals surface area contributed by atoms with Gasteiger partial charge in [-0.25, -0.2) is 4.39 Å². The molecule has 1 atom stereocenters. The van der Waals surface area contributed by atoms with Gasteiger partial charge in [-0.1, -0.05) is 22.0 Å². The van der Waals surface area contributed by atoms with Crippen LogP contribution in [0.2, 0.25) is 0 Å². The lowest BCUT2D eigenvalue weighted by Gasteiger charge is -2.12. The largest absolute Gasteiger partial charge is 0.387 e. The van der Waals surface area contributed by atoms with Crippen molar-refractivity contribution in [2.24, 2.45) is 0 Å². The zero-order valence-corrected chi connectivity index (χ0v) is 11.8. The molecule has 3 nitrogen and oxygen atoms in total. The van der Waals surface area contributed by atoms with Gasteiger partial charge in [0.2, 0.25) is 0 Å². The topological polar surface area (TPSA) is 45.1 Å². The van der Waals surface area contributed by atoms with Crippen molar-refractivity contribution >= 4 is 15.9 Å². The third-order valence-corrected chi connectivity index (χ3v) is 3.25. The molecule has 2 N–H and O–H groups in total. The van der Waals surface area contributed by atoms with Crippen molar-refractivity contribution in [3.63, 3.8) is 0 Å². The minimum atomic E-state index is -0.624. The van der Waals surface area contributed by atoms with Gasteiger partial charge in [0.25, 0.3) is 0 Å². The summed E-state index contributed by atoms with van der Waals surface area (Å²) in [5.74, 6) is -0.264. The minimum Gasteiger partial charge on any atom is -0.387 e. The molecule has 0 bridgehead atoms. The molecule has 0 radical (unpaired) electrons. The van der Waals surface area contributed by atoms with Crippen LogP contribution in [0.4, 0.5) is 4.39 Å². The average Bonchev–Trinajstić information content (AvgIpc) is 2.42. The maximum Gasteiger partial charge on any atom is 0.128 e. The van der Waals surface area contributed by atoms with E-state index in [9.17, 15) is 9.50 Å². The summed E-state index contributed by atoms with van der Waals surface area (Å²) in [4.78, 5) is 3.89. The molecule has 0 aliphatic rings. The first kappa shape index (κ1) is 14.1. The minimum absolute atomic E-state index is 0.264. The fourth-order valence-corrected chi connectivity index (χ4v) is 2.05. The third-order valence-electron chi connectivity index (χ3n) is 2.76. The molecular formula is C14H14BrFN2O. The predicted molar refractivity (Wildman–Crippen MR) is 75.0 cm³/mol. The summed E-state index contributed by atoms with van der Waals surface area (Å²) < 4.78 is 14.3. The number of aliphatic hydroxyl groups excluding tert-OH is 1. The summed E-state index contributed by atoms with van der Waals surface area (Å²) in [6, 6.07) is 8.44. The number of benzene rings is 1. The van der Waals surface area contributed by atoms with E-state index in [2.05, 4.69) is 26.2 Å². The van der Waals surface area contributed by atoms with E-state index in [-0.39, 0.29) is 5.82 Å². The van der Waals surface area contributed by atoms with E-state index in [1.807, 2.05) is 0 Å². The van der Waals surface area contributed by atoms with E-state index >= 15 is 0 Å². The van der Waals surface area contributed by atoms with E-state index in [0.29, 0.717) is 23.1 Å². The summed E-state index contributed by atoms with van der Waals surface area (Å²) in [6.45, 7) is 0.737. The standard InChI is InChI=1S/C14H14BrFN2O/c15-12-2-1-11(13(16)7-12)8-18-9-14(19)10-3-5-17-6-4-10/h1-7,14,18-19H,8-9H2. The highest BCUT2D eigenvalue weighted by Crippen LogP contribution is 2.15. The lowest BCUT2D eigenvalue weighted by Crippen LogP contribution is -2.21. The predicted octanol–water partition coefficient (Wildman–Crippen LogP) is 2.81. The first-order chi connectivity index (χ1) is 9.16. The molecule has 1 aromatic carbocycles. The Balaban J connectivity index is 1.86. The molecule has 2 rings (SSSR count). The number of nitrogens with one attached hydrogen (secondary N) is 1. The average molecular weight is 325 g/mol. The van der Waals surface area contributed by atoms with Crippen LogP contribution in [0, 0.1) is 5.82 Å². The molecule has 0 amide bonds. The highest BCUT2D eigenvalue weighted by atomic mass is 79.9. The third kappa shape index (κ3) is 4.09. The molecule has 0 aliphatic heterocycles. The van der Waals surface area contributed by atoms with Crippen LogP contribution in [0.5, 0.6) is 0 Å². The second-order valence-electron chi connectivity index (χ2n) is 4.16. The molecule has 1 heterocycles. The zero-order chi connectivity index (χ0) is 13.7. The van der Waals surface area contributed by atoms with Crippen LogP contribution in [-0.4, -0.2) is 16.6 Å². The number of hydrogen-bond acceptors (Lipinski definition) is 3. The second-order valence-corrected chi connectivity index (χ2v) is 5.08. The van der Waals surface area contributed by atoms with Crippen molar-refractivity contribution in [1.82, 2.24) is 10.3 Å². The Morgan fingerprint density at radius 1 is 1.26 bits per heavy atom. The van der Waals surface area contributed by atoms with Gasteiger partial charge < -0.3 is 10.4 Å². The van der Waals surface area contributed by atoms with Gasteiger partial charge in [-0.3, -0.25) is 4.98 Å². The van der Waals surface area contributed by atoms with E-state index in [1.165, 1.54) is 6.07 Å². The van der Waals surface area contributed by atoms with Crippen LogP contribution in [0.15, 0.2) is 47.2 Å². The molecule has 19 heavy (non-hydrogen) atoms. The van der Waals surface area contributed by atoms with Crippen LogP contribution in [0.25, 0.3) is 0 Å². The molecule has 2 aromatic rings. The van der Waals surface area contributed by atoms with Gasteiger partial charge in [0.05, 0.1) is 6.10 Å². The van der Waals surface area contributed by atoms with Crippen LogP contribution >= 0.6 is 15.9 Å². The molecule has 0 fully saturated rings.